The van der Waals surface area contributed by atoms with E-state index in [2.05, 4.69) is 5.32 Å². The number of benzene rings is 1. The van der Waals surface area contributed by atoms with Crippen molar-refractivity contribution in [2.75, 3.05) is 18.4 Å². The van der Waals surface area contributed by atoms with Gasteiger partial charge in [0, 0.05) is 12.2 Å². The number of aryl methyl sites for hydroxylation is 1. The molecule has 0 aliphatic carbocycles. The van der Waals surface area contributed by atoms with Crippen LogP contribution in [0.2, 0.25) is 0 Å². The van der Waals surface area contributed by atoms with Crippen molar-refractivity contribution >= 4 is 17.7 Å². The number of aromatic carboxylic acids is 1. The third-order valence-corrected chi connectivity index (χ3v) is 3.72. The first-order valence-corrected chi connectivity index (χ1v) is 7.79. The Morgan fingerprint density at radius 2 is 2.00 bits per heavy atom. The van der Waals surface area contributed by atoms with Gasteiger partial charge in [-0.2, -0.15) is 0 Å². The van der Waals surface area contributed by atoms with Crippen LogP contribution in [0.5, 0.6) is 0 Å². The molecule has 1 aromatic carbocycles. The lowest BCUT2D eigenvalue weighted by molar-refractivity contribution is 0.0283. The highest BCUT2D eigenvalue weighted by molar-refractivity contribution is 5.90. The smallest absolute Gasteiger partial charge is 0.410 e. The van der Waals surface area contributed by atoms with Crippen molar-refractivity contribution in [2.45, 2.75) is 45.5 Å². The lowest BCUT2D eigenvalue weighted by Crippen LogP contribution is -2.36. The zero-order valence-electron chi connectivity index (χ0n) is 14.3. The first kappa shape index (κ1) is 18.0. The van der Waals surface area contributed by atoms with E-state index in [-0.39, 0.29) is 18.7 Å². The molecular formula is C17H23FN2O4. The molecule has 24 heavy (non-hydrogen) atoms. The monoisotopic (exact) mass is 338 g/mol. The van der Waals surface area contributed by atoms with Crippen LogP contribution >= 0.6 is 0 Å². The average molecular weight is 338 g/mol. The lowest BCUT2D eigenvalue weighted by Gasteiger charge is -2.24. The Morgan fingerprint density at radius 3 is 2.58 bits per heavy atom. The topological polar surface area (TPSA) is 78.9 Å². The van der Waals surface area contributed by atoms with E-state index in [0.29, 0.717) is 11.3 Å². The number of anilines is 1. The maximum atomic E-state index is 14.2. The van der Waals surface area contributed by atoms with Gasteiger partial charge in [-0.3, -0.25) is 0 Å². The Hall–Kier alpha value is -2.31. The average Bonchev–Trinajstić information content (AvgIpc) is 2.80. The maximum Gasteiger partial charge on any atom is 0.410 e. The van der Waals surface area contributed by atoms with Crippen LogP contribution in [0.15, 0.2) is 18.2 Å². The van der Waals surface area contributed by atoms with E-state index in [0.717, 1.165) is 0 Å². The number of hydrogen-bond donors (Lipinski definition) is 2. The molecule has 1 heterocycles. The Morgan fingerprint density at radius 1 is 1.33 bits per heavy atom. The number of likely N-dealkylation sites (tertiary alicyclic amines) is 1. The zero-order valence-corrected chi connectivity index (χ0v) is 14.3. The third kappa shape index (κ3) is 4.37. The van der Waals surface area contributed by atoms with Gasteiger partial charge in [-0.25, -0.2) is 14.0 Å². The first-order chi connectivity index (χ1) is 11.1. The summed E-state index contributed by atoms with van der Waals surface area (Å²) >= 11 is 0. The summed E-state index contributed by atoms with van der Waals surface area (Å²) < 4.78 is 19.5. The number of alkyl halides is 1. The summed E-state index contributed by atoms with van der Waals surface area (Å²) in [6, 6.07) is 4.23. The fraction of sp³-hybridized carbons (Fsp3) is 0.529. The van der Waals surface area contributed by atoms with Gasteiger partial charge in [0.1, 0.15) is 11.8 Å². The minimum atomic E-state index is -1.26. The largest absolute Gasteiger partial charge is 0.478 e. The number of carbonyl (C=O) groups is 2. The molecule has 132 valence electrons. The Kier molecular flexibility index (Phi) is 5.01. The predicted molar refractivity (Wildman–Crippen MR) is 88.3 cm³/mol. The van der Waals surface area contributed by atoms with Gasteiger partial charge in [-0.05, 0) is 45.4 Å². The van der Waals surface area contributed by atoms with Gasteiger partial charge in [0.2, 0.25) is 0 Å². The molecule has 1 aromatic rings. The number of nitrogens with one attached hydrogen (secondary N) is 1. The van der Waals surface area contributed by atoms with Gasteiger partial charge in [0.25, 0.3) is 0 Å². The molecule has 1 aliphatic heterocycles. The second-order valence-electron chi connectivity index (χ2n) is 6.99. The van der Waals surface area contributed by atoms with E-state index in [9.17, 15) is 14.0 Å². The van der Waals surface area contributed by atoms with Gasteiger partial charge in [0.05, 0.1) is 18.2 Å². The minimum Gasteiger partial charge on any atom is -0.478 e. The van der Waals surface area contributed by atoms with Crippen molar-refractivity contribution in [3.05, 3.63) is 29.3 Å². The van der Waals surface area contributed by atoms with Crippen LogP contribution in [0.3, 0.4) is 0 Å². The Bertz CT molecular complexity index is 642. The van der Waals surface area contributed by atoms with Gasteiger partial charge in [0.15, 0.2) is 0 Å². The van der Waals surface area contributed by atoms with E-state index >= 15 is 0 Å². The van der Waals surface area contributed by atoms with Crippen molar-refractivity contribution < 1.29 is 23.8 Å². The van der Waals surface area contributed by atoms with Crippen molar-refractivity contribution in [2.24, 2.45) is 0 Å². The number of carboxylic acid groups (broad SMARTS) is 1. The second kappa shape index (κ2) is 6.67. The summed E-state index contributed by atoms with van der Waals surface area (Å²) in [5, 5.41) is 12.1. The standard InChI is InChI=1S/C17H23FN2O4/c1-10-5-6-11(7-12(10)15(21)22)19-14-9-20(8-13(14)18)16(23)24-17(2,3)4/h5-7,13-14,19H,8-9H2,1-4H3,(H,21,22)/t13-,14-/m0/s1. The van der Waals surface area contributed by atoms with Gasteiger partial charge >= 0.3 is 12.1 Å². The molecule has 0 spiro atoms. The van der Waals surface area contributed by atoms with Crippen molar-refractivity contribution in [3.63, 3.8) is 0 Å². The van der Waals surface area contributed by atoms with E-state index in [1.165, 1.54) is 11.0 Å². The molecule has 1 saturated heterocycles. The third-order valence-electron chi connectivity index (χ3n) is 3.72. The number of hydrogen-bond acceptors (Lipinski definition) is 4. The SMILES string of the molecule is Cc1ccc(N[C@H]2CN(C(=O)OC(C)(C)C)C[C@@H]2F)cc1C(=O)O. The number of ether oxygens (including phenoxy) is 1. The Labute approximate surface area is 140 Å². The van der Waals surface area contributed by atoms with Crippen LogP contribution in [0, 0.1) is 6.92 Å². The fourth-order valence-electron chi connectivity index (χ4n) is 2.53. The molecule has 1 fully saturated rings. The maximum absolute atomic E-state index is 14.2. The fourth-order valence-corrected chi connectivity index (χ4v) is 2.53. The molecule has 2 N–H and O–H groups in total. The van der Waals surface area contributed by atoms with E-state index in [4.69, 9.17) is 9.84 Å². The summed E-state index contributed by atoms with van der Waals surface area (Å²) in [6.07, 6.45) is -1.81. The summed E-state index contributed by atoms with van der Waals surface area (Å²) in [5.74, 6) is -1.03. The normalized spacial score (nSPS) is 20.8. The van der Waals surface area contributed by atoms with Crippen molar-refractivity contribution in [1.82, 2.24) is 4.90 Å². The predicted octanol–water partition coefficient (Wildman–Crippen LogP) is 3.06. The zero-order chi connectivity index (χ0) is 18.1. The molecule has 1 amide bonds. The molecule has 0 aromatic heterocycles. The molecule has 2 rings (SSSR count). The van der Waals surface area contributed by atoms with E-state index < -0.39 is 29.9 Å². The molecular weight excluding hydrogens is 315 g/mol. The van der Waals surface area contributed by atoms with Crippen LogP contribution < -0.4 is 5.32 Å². The summed E-state index contributed by atoms with van der Waals surface area (Å²) in [4.78, 5) is 24.5. The lowest BCUT2D eigenvalue weighted by atomic mass is 10.1. The quantitative estimate of drug-likeness (QED) is 0.885. The molecule has 1 aliphatic rings. The molecule has 0 unspecified atom stereocenters. The molecule has 2 atom stereocenters. The van der Waals surface area contributed by atoms with Gasteiger partial charge < -0.3 is 20.1 Å². The summed E-state index contributed by atoms with van der Waals surface area (Å²) in [5.41, 5.74) is 0.669. The van der Waals surface area contributed by atoms with Crippen LogP contribution in [0.4, 0.5) is 14.9 Å². The highest BCUT2D eigenvalue weighted by Gasteiger charge is 2.37. The van der Waals surface area contributed by atoms with Gasteiger partial charge in [-0.15, -0.1) is 0 Å². The highest BCUT2D eigenvalue weighted by atomic mass is 19.1. The van der Waals surface area contributed by atoms with E-state index in [1.807, 2.05) is 0 Å². The summed E-state index contributed by atoms with van der Waals surface area (Å²) in [6.45, 7) is 7.07. The second-order valence-corrected chi connectivity index (χ2v) is 6.99. The number of carboxylic acids is 1. The van der Waals surface area contributed by atoms with Gasteiger partial charge in [-0.1, -0.05) is 6.07 Å². The van der Waals surface area contributed by atoms with Crippen molar-refractivity contribution in [1.29, 1.82) is 0 Å². The van der Waals surface area contributed by atoms with E-state index in [1.54, 1.807) is 39.8 Å². The molecule has 7 heteroatoms. The van der Waals surface area contributed by atoms with Crippen LogP contribution in [0.1, 0.15) is 36.7 Å². The van der Waals surface area contributed by atoms with Crippen molar-refractivity contribution in [3.8, 4) is 0 Å². The highest BCUT2D eigenvalue weighted by Crippen LogP contribution is 2.22. The van der Waals surface area contributed by atoms with Crippen LogP contribution in [-0.2, 0) is 4.74 Å². The minimum absolute atomic E-state index is 0.0514. The number of carbonyl (C=O) groups excluding carboxylic acids is 1. The van der Waals surface area contributed by atoms with Crippen LogP contribution in [0.25, 0.3) is 0 Å². The molecule has 6 nitrogen and oxygen atoms in total. The van der Waals surface area contributed by atoms with Crippen LogP contribution in [-0.4, -0.2) is 53.0 Å². The molecule has 0 radical (unpaired) electrons. The number of amides is 1. The molecule has 0 bridgehead atoms. The Balaban J connectivity index is 2.05. The number of halogens is 1. The summed E-state index contributed by atoms with van der Waals surface area (Å²) in [7, 11) is 0. The number of nitrogens with zero attached hydrogens (tertiary/aromatic N) is 1. The molecule has 0 saturated carbocycles. The number of rotatable bonds is 3. The first-order valence-electron chi connectivity index (χ1n) is 7.79.